The third-order valence-corrected chi connectivity index (χ3v) is 6.45. The number of anilines is 1. The molecule has 0 aliphatic heterocycles. The quantitative estimate of drug-likeness (QED) is 0.734. The average molecular weight is 422 g/mol. The molecule has 2 rings (SSSR count). The van der Waals surface area contributed by atoms with Gasteiger partial charge in [0.25, 0.3) is 10.0 Å². The molecule has 102 valence electrons. The molecule has 19 heavy (non-hydrogen) atoms. The van der Waals surface area contributed by atoms with Gasteiger partial charge in [0.15, 0.2) is 0 Å². The van der Waals surface area contributed by atoms with E-state index in [2.05, 4.69) is 20.7 Å². The van der Waals surface area contributed by atoms with Crippen molar-refractivity contribution in [2.75, 3.05) is 4.72 Å². The smallest absolute Gasteiger partial charge is 0.264 e. The highest BCUT2D eigenvalue weighted by Gasteiger charge is 2.21. The van der Waals surface area contributed by atoms with Gasteiger partial charge in [-0.05, 0) is 40.2 Å². The van der Waals surface area contributed by atoms with E-state index in [1.54, 1.807) is 12.1 Å². The summed E-state index contributed by atoms with van der Waals surface area (Å²) in [6.07, 6.45) is 0. The number of hydrogen-bond donors (Lipinski definition) is 1. The van der Waals surface area contributed by atoms with Gasteiger partial charge in [0, 0.05) is 4.47 Å². The van der Waals surface area contributed by atoms with E-state index in [0.717, 1.165) is 11.3 Å². The third-order valence-electron chi connectivity index (χ3n) is 2.09. The van der Waals surface area contributed by atoms with Gasteiger partial charge in [-0.1, -0.05) is 34.8 Å². The number of benzene rings is 1. The first kappa shape index (κ1) is 15.4. The molecule has 0 atom stereocenters. The van der Waals surface area contributed by atoms with Crippen LogP contribution in [0.1, 0.15) is 0 Å². The topological polar surface area (TPSA) is 46.2 Å². The van der Waals surface area contributed by atoms with Crippen LogP contribution in [0.4, 0.5) is 5.69 Å². The van der Waals surface area contributed by atoms with Crippen LogP contribution in [0.25, 0.3) is 0 Å². The van der Waals surface area contributed by atoms with Crippen LogP contribution in [0.5, 0.6) is 0 Å². The van der Waals surface area contributed by atoms with E-state index in [4.69, 9.17) is 34.8 Å². The zero-order valence-corrected chi connectivity index (χ0v) is 14.4. The molecule has 1 aromatic heterocycles. The summed E-state index contributed by atoms with van der Waals surface area (Å²) in [4.78, 5) is -0.0526. The van der Waals surface area contributed by atoms with Gasteiger partial charge in [0.05, 0.1) is 15.0 Å². The minimum atomic E-state index is -3.78. The standard InChI is InChI=1S/C10H5BrCl3NO2S2/c11-6-2-1-5(3-7(6)12)15-19(16,17)8-4-9(13)18-10(8)14/h1-4,15H. The van der Waals surface area contributed by atoms with Gasteiger partial charge >= 0.3 is 0 Å². The first-order valence-corrected chi connectivity index (χ1v) is 8.95. The van der Waals surface area contributed by atoms with Gasteiger partial charge in [0.1, 0.15) is 9.23 Å². The molecular weight excluding hydrogens is 417 g/mol. The van der Waals surface area contributed by atoms with Crippen molar-refractivity contribution in [2.24, 2.45) is 0 Å². The number of hydrogen-bond acceptors (Lipinski definition) is 3. The molecule has 1 heterocycles. The second-order valence-corrected chi connectivity index (χ2v) is 8.62. The van der Waals surface area contributed by atoms with Crippen LogP contribution in [0, 0.1) is 0 Å². The Labute approximate surface area is 137 Å². The highest BCUT2D eigenvalue weighted by molar-refractivity contribution is 9.10. The third kappa shape index (κ3) is 3.56. The molecule has 9 heteroatoms. The molecule has 1 aromatic carbocycles. The SMILES string of the molecule is O=S(=O)(Nc1ccc(Br)c(Cl)c1)c1cc(Cl)sc1Cl. The molecule has 0 bridgehead atoms. The second kappa shape index (κ2) is 5.79. The van der Waals surface area contributed by atoms with E-state index in [-0.39, 0.29) is 9.23 Å². The molecule has 0 amide bonds. The number of sulfonamides is 1. The van der Waals surface area contributed by atoms with Crippen LogP contribution in [0.15, 0.2) is 33.6 Å². The van der Waals surface area contributed by atoms with Crippen LogP contribution >= 0.6 is 62.1 Å². The Morgan fingerprint density at radius 3 is 2.37 bits per heavy atom. The van der Waals surface area contributed by atoms with E-state index >= 15 is 0 Å². The Morgan fingerprint density at radius 1 is 1.16 bits per heavy atom. The predicted molar refractivity (Wildman–Crippen MR) is 84.3 cm³/mol. The van der Waals surface area contributed by atoms with E-state index < -0.39 is 10.0 Å². The summed E-state index contributed by atoms with van der Waals surface area (Å²) in [5, 5.41) is 0.398. The fourth-order valence-electron chi connectivity index (χ4n) is 1.28. The monoisotopic (exact) mass is 419 g/mol. The Bertz CT molecular complexity index is 730. The summed E-state index contributed by atoms with van der Waals surface area (Å²) in [6, 6.07) is 6.01. The lowest BCUT2D eigenvalue weighted by molar-refractivity contribution is 0.601. The molecule has 0 unspecified atom stereocenters. The molecule has 1 N–H and O–H groups in total. The summed E-state index contributed by atoms with van der Waals surface area (Å²) < 4.78 is 27.7. The van der Waals surface area contributed by atoms with Gasteiger partial charge in [-0.25, -0.2) is 8.42 Å². The summed E-state index contributed by atoms with van der Waals surface area (Å²) in [5.74, 6) is 0. The van der Waals surface area contributed by atoms with Crippen molar-refractivity contribution in [1.29, 1.82) is 0 Å². The van der Waals surface area contributed by atoms with Gasteiger partial charge in [0.2, 0.25) is 0 Å². The maximum Gasteiger partial charge on any atom is 0.264 e. The lowest BCUT2D eigenvalue weighted by Gasteiger charge is -2.08. The van der Waals surface area contributed by atoms with Gasteiger partial charge in [-0.15, -0.1) is 11.3 Å². The zero-order valence-electron chi connectivity index (χ0n) is 8.95. The first-order valence-electron chi connectivity index (χ1n) is 4.72. The Morgan fingerprint density at radius 2 is 1.84 bits per heavy atom. The lowest BCUT2D eigenvalue weighted by atomic mass is 10.3. The number of rotatable bonds is 3. The van der Waals surface area contributed by atoms with E-state index in [1.165, 1.54) is 12.1 Å². The highest BCUT2D eigenvalue weighted by Crippen LogP contribution is 2.35. The largest absolute Gasteiger partial charge is 0.280 e. The summed E-state index contributed by atoms with van der Waals surface area (Å²) in [7, 11) is -3.78. The van der Waals surface area contributed by atoms with Crippen molar-refractivity contribution < 1.29 is 8.42 Å². The minimum absolute atomic E-state index is 0.0526. The predicted octanol–water partition coefficient (Wildman–Crippen LogP) is 5.27. The van der Waals surface area contributed by atoms with E-state index in [0.29, 0.717) is 19.5 Å². The van der Waals surface area contributed by atoms with E-state index in [9.17, 15) is 8.42 Å². The summed E-state index contributed by atoms with van der Waals surface area (Å²) >= 11 is 21.7. The van der Waals surface area contributed by atoms with Crippen molar-refractivity contribution >= 4 is 77.8 Å². The van der Waals surface area contributed by atoms with E-state index in [1.807, 2.05) is 0 Å². The fraction of sp³-hybridized carbons (Fsp3) is 0. The lowest BCUT2D eigenvalue weighted by Crippen LogP contribution is -2.12. The van der Waals surface area contributed by atoms with Crippen molar-refractivity contribution in [3.05, 3.63) is 42.4 Å². The molecule has 2 aromatic rings. The molecule has 0 radical (unpaired) electrons. The van der Waals surface area contributed by atoms with Crippen LogP contribution < -0.4 is 4.72 Å². The molecular formula is C10H5BrCl3NO2S2. The van der Waals surface area contributed by atoms with Gasteiger partial charge < -0.3 is 0 Å². The van der Waals surface area contributed by atoms with Crippen LogP contribution in [0.2, 0.25) is 13.7 Å². The molecule has 0 fully saturated rings. The first-order chi connectivity index (χ1) is 8.79. The summed E-state index contributed by atoms with van der Waals surface area (Å²) in [5.41, 5.74) is 0.339. The van der Waals surface area contributed by atoms with Crippen molar-refractivity contribution in [1.82, 2.24) is 0 Å². The molecule has 0 saturated carbocycles. The Hall–Kier alpha value is 0.0200. The van der Waals surface area contributed by atoms with Gasteiger partial charge in [-0.2, -0.15) is 0 Å². The van der Waals surface area contributed by atoms with Crippen molar-refractivity contribution in [3.63, 3.8) is 0 Å². The van der Waals surface area contributed by atoms with Gasteiger partial charge in [-0.3, -0.25) is 4.72 Å². The molecule has 0 aliphatic carbocycles. The highest BCUT2D eigenvalue weighted by atomic mass is 79.9. The Balaban J connectivity index is 2.36. The van der Waals surface area contributed by atoms with Crippen LogP contribution in [0.3, 0.4) is 0 Å². The fourth-order valence-corrected chi connectivity index (χ4v) is 4.91. The zero-order chi connectivity index (χ0) is 14.2. The summed E-state index contributed by atoms with van der Waals surface area (Å²) in [6.45, 7) is 0. The maximum atomic E-state index is 12.1. The molecule has 0 aliphatic rings. The maximum absolute atomic E-state index is 12.1. The molecule has 3 nitrogen and oxygen atoms in total. The second-order valence-electron chi connectivity index (χ2n) is 3.42. The van der Waals surface area contributed by atoms with Crippen LogP contribution in [-0.4, -0.2) is 8.42 Å². The minimum Gasteiger partial charge on any atom is -0.280 e. The Kier molecular flexibility index (Phi) is 4.70. The molecule has 0 saturated heterocycles. The normalized spacial score (nSPS) is 11.6. The number of nitrogens with one attached hydrogen (secondary N) is 1. The number of thiophene rings is 1. The van der Waals surface area contributed by atoms with Crippen LogP contribution in [-0.2, 0) is 10.0 Å². The van der Waals surface area contributed by atoms with Crippen molar-refractivity contribution in [2.45, 2.75) is 4.90 Å². The van der Waals surface area contributed by atoms with Crippen molar-refractivity contribution in [3.8, 4) is 0 Å². The average Bonchev–Trinajstić information content (AvgIpc) is 2.63. The molecule has 0 spiro atoms. The number of halogens is 4.